The van der Waals surface area contributed by atoms with Gasteiger partial charge in [0.1, 0.15) is 0 Å². The Morgan fingerprint density at radius 1 is 1.32 bits per heavy atom. The molecule has 2 aliphatic rings. The molecular formula is C14H24N2O3. The van der Waals surface area contributed by atoms with Crippen molar-refractivity contribution in [2.45, 2.75) is 51.5 Å². The van der Waals surface area contributed by atoms with Crippen molar-refractivity contribution in [1.29, 1.82) is 0 Å². The van der Waals surface area contributed by atoms with Gasteiger partial charge in [0.2, 0.25) is 0 Å². The van der Waals surface area contributed by atoms with Crippen LogP contribution in [0.15, 0.2) is 0 Å². The van der Waals surface area contributed by atoms with Crippen molar-refractivity contribution < 1.29 is 14.7 Å². The van der Waals surface area contributed by atoms with E-state index in [0.717, 1.165) is 13.0 Å². The van der Waals surface area contributed by atoms with Gasteiger partial charge in [-0.05, 0) is 51.4 Å². The maximum Gasteiger partial charge on any atom is 0.317 e. The predicted octanol–water partition coefficient (Wildman–Crippen LogP) is 2.07. The lowest BCUT2D eigenvalue weighted by Gasteiger charge is -2.29. The van der Waals surface area contributed by atoms with Gasteiger partial charge in [-0.15, -0.1) is 0 Å². The lowest BCUT2D eigenvalue weighted by atomic mass is 9.99. The van der Waals surface area contributed by atoms with Gasteiger partial charge in [0.05, 0.1) is 0 Å². The minimum absolute atomic E-state index is 0.00900. The van der Waals surface area contributed by atoms with Crippen LogP contribution in [0.2, 0.25) is 0 Å². The van der Waals surface area contributed by atoms with Crippen molar-refractivity contribution in [3.05, 3.63) is 0 Å². The number of nitrogens with one attached hydrogen (secondary N) is 1. The fourth-order valence-electron chi connectivity index (χ4n) is 2.84. The van der Waals surface area contributed by atoms with Crippen molar-refractivity contribution in [1.82, 2.24) is 10.2 Å². The summed E-state index contributed by atoms with van der Waals surface area (Å²) in [5.74, 6) is 0.200. The summed E-state index contributed by atoms with van der Waals surface area (Å²) in [7, 11) is 0. The lowest BCUT2D eigenvalue weighted by Crippen LogP contribution is -2.50. The van der Waals surface area contributed by atoms with Crippen LogP contribution < -0.4 is 5.32 Å². The molecule has 0 radical (unpaired) electrons. The molecule has 2 rings (SSSR count). The van der Waals surface area contributed by atoms with E-state index in [0.29, 0.717) is 24.8 Å². The van der Waals surface area contributed by atoms with E-state index in [-0.39, 0.29) is 18.0 Å². The molecule has 5 heteroatoms. The highest BCUT2D eigenvalue weighted by Gasteiger charge is 2.40. The summed E-state index contributed by atoms with van der Waals surface area (Å²) in [5.41, 5.74) is -0.115. The summed E-state index contributed by atoms with van der Waals surface area (Å²) in [6.07, 6.45) is 4.20. The Hall–Kier alpha value is -1.26. The number of urea groups is 1. The zero-order valence-corrected chi connectivity index (χ0v) is 11.8. The minimum atomic E-state index is -0.752. The molecule has 2 amide bonds. The van der Waals surface area contributed by atoms with E-state index in [4.69, 9.17) is 5.11 Å². The molecule has 0 bridgehead atoms. The van der Waals surface area contributed by atoms with Crippen molar-refractivity contribution in [3.63, 3.8) is 0 Å². The van der Waals surface area contributed by atoms with E-state index in [1.54, 1.807) is 0 Å². The molecule has 1 aliphatic carbocycles. The first-order chi connectivity index (χ1) is 8.88. The first-order valence-corrected chi connectivity index (χ1v) is 7.17. The van der Waals surface area contributed by atoms with Crippen molar-refractivity contribution in [3.8, 4) is 0 Å². The average Bonchev–Trinajstić information content (AvgIpc) is 3.06. The van der Waals surface area contributed by atoms with Gasteiger partial charge in [-0.25, -0.2) is 4.79 Å². The third kappa shape index (κ3) is 3.85. The van der Waals surface area contributed by atoms with E-state index in [9.17, 15) is 9.59 Å². The first kappa shape index (κ1) is 14.2. The fraction of sp³-hybridized carbons (Fsp3) is 0.857. The Morgan fingerprint density at radius 2 is 2.00 bits per heavy atom. The molecule has 1 aliphatic heterocycles. The average molecular weight is 268 g/mol. The quantitative estimate of drug-likeness (QED) is 0.802. The van der Waals surface area contributed by atoms with E-state index in [1.165, 1.54) is 12.8 Å². The van der Waals surface area contributed by atoms with Crippen LogP contribution in [-0.2, 0) is 4.79 Å². The normalized spacial score (nSPS) is 23.5. The van der Waals surface area contributed by atoms with Crippen LogP contribution in [0.1, 0.15) is 46.0 Å². The number of carbonyl (C=O) groups is 2. The molecule has 1 heterocycles. The monoisotopic (exact) mass is 268 g/mol. The summed E-state index contributed by atoms with van der Waals surface area (Å²) >= 11 is 0. The molecule has 2 fully saturated rings. The number of carboxylic acids is 1. The Morgan fingerprint density at radius 3 is 2.58 bits per heavy atom. The second kappa shape index (κ2) is 5.39. The second-order valence-electron chi connectivity index (χ2n) is 6.46. The fourth-order valence-corrected chi connectivity index (χ4v) is 2.84. The second-order valence-corrected chi connectivity index (χ2v) is 6.46. The predicted molar refractivity (Wildman–Crippen MR) is 71.9 cm³/mol. The number of aliphatic carboxylic acids is 1. The number of hydrogen-bond acceptors (Lipinski definition) is 2. The highest BCUT2D eigenvalue weighted by Crippen LogP contribution is 2.39. The highest BCUT2D eigenvalue weighted by atomic mass is 16.4. The zero-order chi connectivity index (χ0) is 14.0. The third-order valence-electron chi connectivity index (χ3n) is 4.37. The van der Waals surface area contributed by atoms with Gasteiger partial charge in [0, 0.05) is 25.0 Å². The van der Waals surface area contributed by atoms with Gasteiger partial charge in [0.25, 0.3) is 0 Å². The standard InChI is InChI=1S/C14H24N2O3/c1-14(2,11-4-5-11)15-13(19)16-8-7-10(9-16)3-6-12(17)18/h10-11H,3-9H2,1-2H3,(H,15,19)(H,17,18). The smallest absolute Gasteiger partial charge is 0.317 e. The van der Waals surface area contributed by atoms with Crippen LogP contribution in [-0.4, -0.2) is 40.6 Å². The molecule has 1 unspecified atom stereocenters. The molecule has 1 atom stereocenters. The molecule has 0 aromatic rings. The Bertz CT molecular complexity index is 364. The SMILES string of the molecule is CC(C)(NC(=O)N1CCC(CCC(=O)O)C1)C1CC1. The van der Waals surface area contributed by atoms with Crippen LogP contribution in [0.25, 0.3) is 0 Å². The van der Waals surface area contributed by atoms with Crippen molar-refractivity contribution in [2.75, 3.05) is 13.1 Å². The number of carbonyl (C=O) groups excluding carboxylic acids is 1. The largest absolute Gasteiger partial charge is 0.481 e. The van der Waals surface area contributed by atoms with Crippen LogP contribution in [0.4, 0.5) is 4.79 Å². The maximum atomic E-state index is 12.2. The van der Waals surface area contributed by atoms with Crippen LogP contribution in [0.5, 0.6) is 0 Å². The lowest BCUT2D eigenvalue weighted by molar-refractivity contribution is -0.137. The first-order valence-electron chi connectivity index (χ1n) is 7.17. The summed E-state index contributed by atoms with van der Waals surface area (Å²) in [4.78, 5) is 24.6. The number of rotatable bonds is 5. The van der Waals surface area contributed by atoms with E-state index < -0.39 is 5.97 Å². The van der Waals surface area contributed by atoms with E-state index in [2.05, 4.69) is 19.2 Å². The molecule has 108 valence electrons. The van der Waals surface area contributed by atoms with Gasteiger partial charge in [-0.3, -0.25) is 4.79 Å². The van der Waals surface area contributed by atoms with Crippen molar-refractivity contribution in [2.24, 2.45) is 11.8 Å². The molecule has 0 aromatic carbocycles. The van der Waals surface area contributed by atoms with Crippen LogP contribution in [0.3, 0.4) is 0 Å². The summed E-state index contributed by atoms with van der Waals surface area (Å²) in [6, 6.07) is 0.00900. The summed E-state index contributed by atoms with van der Waals surface area (Å²) < 4.78 is 0. The molecule has 0 aromatic heterocycles. The number of carboxylic acid groups (broad SMARTS) is 1. The van der Waals surface area contributed by atoms with Crippen molar-refractivity contribution >= 4 is 12.0 Å². The molecule has 1 saturated carbocycles. The third-order valence-corrected chi connectivity index (χ3v) is 4.37. The van der Waals surface area contributed by atoms with Crippen LogP contribution >= 0.6 is 0 Å². The molecule has 19 heavy (non-hydrogen) atoms. The van der Waals surface area contributed by atoms with Gasteiger partial charge in [-0.2, -0.15) is 0 Å². The van der Waals surface area contributed by atoms with Gasteiger partial charge in [-0.1, -0.05) is 0 Å². The maximum absolute atomic E-state index is 12.2. The summed E-state index contributed by atoms with van der Waals surface area (Å²) in [6.45, 7) is 5.61. The molecular weight excluding hydrogens is 244 g/mol. The number of likely N-dealkylation sites (tertiary alicyclic amines) is 1. The molecule has 5 nitrogen and oxygen atoms in total. The van der Waals surface area contributed by atoms with Gasteiger partial charge >= 0.3 is 12.0 Å². The molecule has 2 N–H and O–H groups in total. The van der Waals surface area contributed by atoms with E-state index >= 15 is 0 Å². The molecule has 1 saturated heterocycles. The van der Waals surface area contributed by atoms with Crippen LogP contribution in [0, 0.1) is 11.8 Å². The Labute approximate surface area is 114 Å². The van der Waals surface area contributed by atoms with Gasteiger partial charge in [0.15, 0.2) is 0 Å². The Balaban J connectivity index is 1.76. The number of nitrogens with zero attached hydrogens (tertiary/aromatic N) is 1. The van der Waals surface area contributed by atoms with E-state index in [1.807, 2.05) is 4.90 Å². The number of amides is 2. The zero-order valence-electron chi connectivity index (χ0n) is 11.8. The summed E-state index contributed by atoms with van der Waals surface area (Å²) in [5, 5.41) is 11.8. The topological polar surface area (TPSA) is 69.6 Å². The molecule has 0 spiro atoms. The Kier molecular flexibility index (Phi) is 4.02. The highest BCUT2D eigenvalue weighted by molar-refractivity contribution is 5.75. The number of hydrogen-bond donors (Lipinski definition) is 2. The minimum Gasteiger partial charge on any atom is -0.481 e. The van der Waals surface area contributed by atoms with Gasteiger partial charge < -0.3 is 15.3 Å².